The third-order valence-electron chi connectivity index (χ3n) is 4.87. The molecule has 0 N–H and O–H groups in total. The predicted octanol–water partition coefficient (Wildman–Crippen LogP) is 6.55. The Balaban J connectivity index is 1.42. The number of carbonyl (C=O) groups excluding carboxylic acids is 1. The molecule has 1 atom stereocenters. The average molecular weight is 471 g/mol. The molecule has 2 aromatic rings. The van der Waals surface area contributed by atoms with Crippen LogP contribution >= 0.6 is 23.5 Å². The second kappa shape index (κ2) is 10.7. The fraction of sp³-hybridized carbons (Fsp3) is 0.435. The Labute approximate surface area is 189 Å². The van der Waals surface area contributed by atoms with Crippen molar-refractivity contribution in [1.29, 1.82) is 0 Å². The zero-order chi connectivity index (χ0) is 22.4. The molecular formula is C23H25F3O3S2. The molecule has 0 radical (unpaired) electrons. The molecular weight excluding hydrogens is 445 g/mol. The molecule has 2 aromatic carbocycles. The summed E-state index contributed by atoms with van der Waals surface area (Å²) in [6, 6.07) is 9.94. The molecule has 1 unspecified atom stereocenters. The van der Waals surface area contributed by atoms with Gasteiger partial charge in [-0.25, -0.2) is 4.79 Å². The van der Waals surface area contributed by atoms with E-state index in [1.165, 1.54) is 12.1 Å². The van der Waals surface area contributed by atoms with Gasteiger partial charge in [0.15, 0.2) is 6.61 Å². The first-order chi connectivity index (χ1) is 14.8. The summed E-state index contributed by atoms with van der Waals surface area (Å²) in [5.74, 6) is 1.21. The first-order valence-electron chi connectivity index (χ1n) is 10.1. The Hall–Kier alpha value is -1.80. The molecule has 0 aliphatic carbocycles. The largest absolute Gasteiger partial charge is 0.482 e. The molecule has 31 heavy (non-hydrogen) atoms. The fourth-order valence-corrected chi connectivity index (χ4v) is 5.73. The van der Waals surface area contributed by atoms with E-state index in [1.54, 1.807) is 36.5 Å². The van der Waals surface area contributed by atoms with Gasteiger partial charge in [0.25, 0.3) is 0 Å². The van der Waals surface area contributed by atoms with E-state index in [0.29, 0.717) is 17.6 Å². The second-order valence-corrected chi connectivity index (χ2v) is 9.79. The smallest absolute Gasteiger partial charge is 0.416 e. The van der Waals surface area contributed by atoms with Crippen LogP contribution in [0.2, 0.25) is 0 Å². The van der Waals surface area contributed by atoms with Gasteiger partial charge in [-0.15, -0.1) is 23.5 Å². The first kappa shape index (κ1) is 23.9. The highest BCUT2D eigenvalue weighted by Gasteiger charge is 2.32. The van der Waals surface area contributed by atoms with E-state index in [4.69, 9.17) is 9.47 Å². The maximum absolute atomic E-state index is 12.9. The molecule has 0 fully saturated rings. The van der Waals surface area contributed by atoms with E-state index in [2.05, 4.69) is 0 Å². The number of hydrogen-bond acceptors (Lipinski definition) is 5. The van der Waals surface area contributed by atoms with Gasteiger partial charge in [-0.3, -0.25) is 0 Å². The summed E-state index contributed by atoms with van der Waals surface area (Å²) in [5, 5.41) is 0.333. The summed E-state index contributed by atoms with van der Waals surface area (Å²) in [7, 11) is 0. The van der Waals surface area contributed by atoms with Crippen molar-refractivity contribution < 1.29 is 27.4 Å². The van der Waals surface area contributed by atoms with Crippen molar-refractivity contribution in [2.45, 2.75) is 54.3 Å². The number of fused-ring (bicyclic) bond motifs is 1. The monoisotopic (exact) mass is 470 g/mol. The van der Waals surface area contributed by atoms with Crippen LogP contribution in [-0.4, -0.2) is 30.2 Å². The highest BCUT2D eigenvalue weighted by molar-refractivity contribution is 8.00. The zero-order valence-electron chi connectivity index (χ0n) is 17.5. The van der Waals surface area contributed by atoms with Gasteiger partial charge >= 0.3 is 12.1 Å². The fourth-order valence-electron chi connectivity index (χ4n) is 3.35. The van der Waals surface area contributed by atoms with Crippen molar-refractivity contribution in [3.05, 3.63) is 53.1 Å². The third-order valence-corrected chi connectivity index (χ3v) is 7.32. The molecule has 0 amide bonds. The lowest BCUT2D eigenvalue weighted by atomic mass is 10.1. The minimum absolute atomic E-state index is 0.104. The van der Waals surface area contributed by atoms with E-state index in [1.807, 2.05) is 25.1 Å². The van der Waals surface area contributed by atoms with Crippen molar-refractivity contribution in [3.63, 3.8) is 0 Å². The van der Waals surface area contributed by atoms with Gasteiger partial charge < -0.3 is 9.47 Å². The number of ether oxygens (including phenoxy) is 2. The predicted molar refractivity (Wildman–Crippen MR) is 118 cm³/mol. The van der Waals surface area contributed by atoms with Crippen LogP contribution in [0.4, 0.5) is 13.2 Å². The number of esters is 1. The highest BCUT2D eigenvalue weighted by Crippen LogP contribution is 2.42. The summed E-state index contributed by atoms with van der Waals surface area (Å²) in [5.41, 5.74) is 1.40. The topological polar surface area (TPSA) is 35.5 Å². The lowest BCUT2D eigenvalue weighted by molar-refractivity contribution is -0.145. The van der Waals surface area contributed by atoms with Crippen molar-refractivity contribution in [2.24, 2.45) is 0 Å². The lowest BCUT2D eigenvalue weighted by Gasteiger charge is -2.11. The van der Waals surface area contributed by atoms with Crippen molar-refractivity contribution in [3.8, 4) is 5.75 Å². The lowest BCUT2D eigenvalue weighted by Crippen LogP contribution is -2.14. The summed E-state index contributed by atoms with van der Waals surface area (Å²) in [4.78, 5) is 13.3. The highest BCUT2D eigenvalue weighted by atomic mass is 32.2. The Morgan fingerprint density at radius 2 is 2.03 bits per heavy atom. The zero-order valence-corrected chi connectivity index (χ0v) is 19.1. The number of carbonyl (C=O) groups is 1. The van der Waals surface area contributed by atoms with Crippen LogP contribution in [0.5, 0.6) is 5.75 Å². The standard InChI is InChI=1S/C23H25F3O3S2/c1-3-28-22(27)14-29-20-9-8-18(11-15(20)2)30-10-4-5-19-12-16-6-7-17(23(24,25)26)13-21(16)31-19/h6-9,11,13,19H,3-5,10,12,14H2,1-2H3. The molecule has 3 nitrogen and oxygen atoms in total. The first-order valence-corrected chi connectivity index (χ1v) is 12.0. The number of thioether (sulfide) groups is 2. The van der Waals surface area contributed by atoms with Gasteiger partial charge in [0.1, 0.15) is 5.75 Å². The second-order valence-electron chi connectivity index (χ2n) is 7.28. The molecule has 1 heterocycles. The molecule has 0 spiro atoms. The maximum atomic E-state index is 12.9. The molecule has 1 aliphatic rings. The van der Waals surface area contributed by atoms with Crippen molar-refractivity contribution in [1.82, 2.24) is 0 Å². The van der Waals surface area contributed by atoms with Crippen LogP contribution in [0.3, 0.4) is 0 Å². The molecule has 3 rings (SSSR count). The minimum atomic E-state index is -4.29. The Morgan fingerprint density at radius 1 is 1.23 bits per heavy atom. The summed E-state index contributed by atoms with van der Waals surface area (Å²) >= 11 is 3.31. The van der Waals surface area contributed by atoms with Crippen LogP contribution in [0.1, 0.15) is 36.5 Å². The van der Waals surface area contributed by atoms with E-state index < -0.39 is 11.7 Å². The molecule has 168 valence electrons. The Kier molecular flexibility index (Phi) is 8.22. The Morgan fingerprint density at radius 3 is 2.74 bits per heavy atom. The molecule has 0 aromatic heterocycles. The van der Waals surface area contributed by atoms with Gasteiger partial charge in [-0.1, -0.05) is 6.07 Å². The van der Waals surface area contributed by atoms with Gasteiger partial charge in [0, 0.05) is 15.0 Å². The van der Waals surface area contributed by atoms with Crippen LogP contribution in [0.25, 0.3) is 0 Å². The normalized spacial score (nSPS) is 15.6. The molecule has 0 saturated heterocycles. The average Bonchev–Trinajstić information content (AvgIpc) is 3.12. The SMILES string of the molecule is CCOC(=O)COc1ccc(SCCCC2Cc3ccc(C(F)(F)F)cc3S2)cc1C. The summed E-state index contributed by atoms with van der Waals surface area (Å²) in [6.45, 7) is 3.92. The molecule has 0 bridgehead atoms. The van der Waals surface area contributed by atoms with Gasteiger partial charge in [-0.2, -0.15) is 13.2 Å². The molecule has 0 saturated carbocycles. The minimum Gasteiger partial charge on any atom is -0.482 e. The van der Waals surface area contributed by atoms with Crippen molar-refractivity contribution in [2.75, 3.05) is 19.0 Å². The van der Waals surface area contributed by atoms with Crippen LogP contribution in [-0.2, 0) is 22.1 Å². The number of rotatable bonds is 9. The number of halogens is 3. The Bertz CT molecular complexity index is 915. The molecule has 8 heteroatoms. The maximum Gasteiger partial charge on any atom is 0.416 e. The van der Waals surface area contributed by atoms with E-state index >= 15 is 0 Å². The van der Waals surface area contributed by atoms with Crippen LogP contribution < -0.4 is 4.74 Å². The number of aryl methyl sites for hydroxylation is 1. The number of hydrogen-bond donors (Lipinski definition) is 0. The van der Waals surface area contributed by atoms with E-state index in [0.717, 1.165) is 45.9 Å². The molecule has 1 aliphatic heterocycles. The van der Waals surface area contributed by atoms with Gasteiger partial charge in [0.2, 0.25) is 0 Å². The summed E-state index contributed by atoms with van der Waals surface area (Å²) < 4.78 is 49.0. The van der Waals surface area contributed by atoms with Gasteiger partial charge in [0.05, 0.1) is 12.2 Å². The van der Waals surface area contributed by atoms with E-state index in [-0.39, 0.29) is 12.6 Å². The van der Waals surface area contributed by atoms with E-state index in [9.17, 15) is 18.0 Å². The number of alkyl halides is 3. The number of benzene rings is 2. The third kappa shape index (κ3) is 6.84. The van der Waals surface area contributed by atoms with Crippen LogP contribution in [0.15, 0.2) is 46.2 Å². The summed E-state index contributed by atoms with van der Waals surface area (Å²) in [6.07, 6.45) is -1.51. The van der Waals surface area contributed by atoms with Crippen LogP contribution in [0, 0.1) is 6.92 Å². The van der Waals surface area contributed by atoms with Crippen molar-refractivity contribution >= 4 is 29.5 Å². The van der Waals surface area contributed by atoms with Gasteiger partial charge in [-0.05, 0) is 80.3 Å². The quantitative estimate of drug-likeness (QED) is 0.236.